The van der Waals surface area contributed by atoms with Crippen LogP contribution in [0.1, 0.15) is 24.2 Å². The lowest BCUT2D eigenvalue weighted by Crippen LogP contribution is -2.48. The molecule has 2 unspecified atom stereocenters. The molecule has 3 rings (SSSR count). The van der Waals surface area contributed by atoms with Gasteiger partial charge in [0.2, 0.25) is 5.91 Å². The molecule has 0 aliphatic carbocycles. The van der Waals surface area contributed by atoms with Gasteiger partial charge in [-0.1, -0.05) is 29.3 Å². The molecule has 2 amide bonds. The highest BCUT2D eigenvalue weighted by Crippen LogP contribution is 2.29. The third-order valence-corrected chi connectivity index (χ3v) is 5.34. The van der Waals surface area contributed by atoms with Gasteiger partial charge in [0, 0.05) is 24.3 Å². The summed E-state index contributed by atoms with van der Waals surface area (Å²) in [7, 11) is 0. The summed E-state index contributed by atoms with van der Waals surface area (Å²) in [6, 6.07) is 12.1. The predicted octanol–water partition coefficient (Wildman–Crippen LogP) is 4.29. The van der Waals surface area contributed by atoms with Gasteiger partial charge >= 0.3 is 0 Å². The summed E-state index contributed by atoms with van der Waals surface area (Å²) >= 11 is 12.0. The first-order valence-corrected chi connectivity index (χ1v) is 10.1. The van der Waals surface area contributed by atoms with Gasteiger partial charge in [-0.05, 0) is 50.2 Å². The number of nitrogens with zero attached hydrogens (tertiary/aromatic N) is 1. The lowest BCUT2D eigenvalue weighted by atomic mass is 10.1. The quantitative estimate of drug-likeness (QED) is 0.734. The Morgan fingerprint density at radius 1 is 1.07 bits per heavy atom. The molecule has 0 spiro atoms. The molecule has 0 saturated carbocycles. The lowest BCUT2D eigenvalue weighted by Gasteiger charge is -2.35. The summed E-state index contributed by atoms with van der Waals surface area (Å²) in [5.74, 6) is -0.280. The van der Waals surface area contributed by atoms with Crippen molar-refractivity contribution in [2.75, 3.05) is 30.3 Å². The third-order valence-electron chi connectivity index (χ3n) is 4.52. The van der Waals surface area contributed by atoms with E-state index < -0.39 is 0 Å². The van der Waals surface area contributed by atoms with Crippen LogP contribution in [-0.2, 0) is 9.53 Å². The summed E-state index contributed by atoms with van der Waals surface area (Å²) < 4.78 is 5.67. The number of rotatable bonds is 5. The maximum absolute atomic E-state index is 12.7. The topological polar surface area (TPSA) is 70.7 Å². The second-order valence-corrected chi connectivity index (χ2v) is 7.83. The Kier molecular flexibility index (Phi) is 7.00. The molecule has 1 aliphatic heterocycles. The zero-order chi connectivity index (χ0) is 21.0. The Balaban J connectivity index is 1.54. The van der Waals surface area contributed by atoms with E-state index in [9.17, 15) is 9.59 Å². The number of halogens is 2. The Morgan fingerprint density at radius 2 is 1.72 bits per heavy atom. The van der Waals surface area contributed by atoms with Gasteiger partial charge in [0.05, 0.1) is 34.5 Å². The number of nitrogens with one attached hydrogen (secondary N) is 2. The SMILES string of the molecule is CC1CN(C(=O)c2ccc(NCC(=O)Nc3cccc(Cl)c3Cl)cc2)CC(C)O1. The molecule has 1 heterocycles. The fourth-order valence-electron chi connectivity index (χ4n) is 3.23. The molecule has 0 radical (unpaired) electrons. The average Bonchev–Trinajstić information content (AvgIpc) is 2.69. The number of morpholine rings is 1. The molecule has 29 heavy (non-hydrogen) atoms. The largest absolute Gasteiger partial charge is 0.376 e. The highest BCUT2D eigenvalue weighted by Gasteiger charge is 2.26. The van der Waals surface area contributed by atoms with Crippen molar-refractivity contribution in [3.63, 3.8) is 0 Å². The summed E-state index contributed by atoms with van der Waals surface area (Å²) in [5, 5.41) is 6.42. The molecule has 2 aromatic rings. The highest BCUT2D eigenvalue weighted by molar-refractivity contribution is 6.44. The van der Waals surface area contributed by atoms with Gasteiger partial charge in [0.15, 0.2) is 0 Å². The van der Waals surface area contributed by atoms with Gasteiger partial charge in [0.1, 0.15) is 0 Å². The molecule has 2 aromatic carbocycles. The van der Waals surface area contributed by atoms with Gasteiger partial charge in [-0.2, -0.15) is 0 Å². The second-order valence-electron chi connectivity index (χ2n) is 7.05. The number of benzene rings is 2. The zero-order valence-electron chi connectivity index (χ0n) is 16.2. The molecule has 2 N–H and O–H groups in total. The van der Waals surface area contributed by atoms with Crippen molar-refractivity contribution >= 4 is 46.4 Å². The van der Waals surface area contributed by atoms with E-state index >= 15 is 0 Å². The van der Waals surface area contributed by atoms with Gasteiger partial charge in [-0.3, -0.25) is 9.59 Å². The minimum absolute atomic E-state index is 0.0214. The standard InChI is InChI=1S/C21H23Cl2N3O3/c1-13-11-26(12-14(2)29-13)21(28)15-6-8-16(9-7-15)24-10-19(27)25-18-5-3-4-17(22)20(18)23/h3-9,13-14,24H,10-12H2,1-2H3,(H,25,27). The molecule has 0 aromatic heterocycles. The van der Waals surface area contributed by atoms with E-state index in [0.717, 1.165) is 5.69 Å². The van der Waals surface area contributed by atoms with Gasteiger partial charge in [-0.15, -0.1) is 0 Å². The van der Waals surface area contributed by atoms with E-state index in [0.29, 0.717) is 34.4 Å². The second kappa shape index (κ2) is 9.48. The molecule has 1 aliphatic rings. The van der Waals surface area contributed by atoms with Crippen LogP contribution in [0.4, 0.5) is 11.4 Å². The number of amides is 2. The average molecular weight is 436 g/mol. The molecule has 8 heteroatoms. The van der Waals surface area contributed by atoms with Crippen molar-refractivity contribution in [3.05, 3.63) is 58.1 Å². The van der Waals surface area contributed by atoms with Crippen molar-refractivity contribution in [2.24, 2.45) is 0 Å². The van der Waals surface area contributed by atoms with Crippen LogP contribution < -0.4 is 10.6 Å². The molecule has 1 fully saturated rings. The number of ether oxygens (including phenoxy) is 1. The van der Waals surface area contributed by atoms with Crippen LogP contribution in [-0.4, -0.2) is 48.6 Å². The smallest absolute Gasteiger partial charge is 0.254 e. The van der Waals surface area contributed by atoms with Crippen LogP contribution in [0.2, 0.25) is 10.0 Å². The minimum Gasteiger partial charge on any atom is -0.376 e. The van der Waals surface area contributed by atoms with Gasteiger partial charge in [-0.25, -0.2) is 0 Å². The van der Waals surface area contributed by atoms with Gasteiger partial charge < -0.3 is 20.3 Å². The summed E-state index contributed by atoms with van der Waals surface area (Å²) in [4.78, 5) is 26.6. The van der Waals surface area contributed by atoms with Crippen LogP contribution in [0.5, 0.6) is 0 Å². The van der Waals surface area contributed by atoms with E-state index in [1.165, 1.54) is 0 Å². The maximum Gasteiger partial charge on any atom is 0.254 e. The predicted molar refractivity (Wildman–Crippen MR) is 116 cm³/mol. The summed E-state index contributed by atoms with van der Waals surface area (Å²) in [5.41, 5.74) is 1.80. The van der Waals surface area contributed by atoms with Crippen LogP contribution >= 0.6 is 23.2 Å². The molecule has 154 valence electrons. The van der Waals surface area contributed by atoms with Crippen molar-refractivity contribution in [1.82, 2.24) is 4.90 Å². The first-order valence-electron chi connectivity index (χ1n) is 9.36. The van der Waals surface area contributed by atoms with E-state index in [4.69, 9.17) is 27.9 Å². The summed E-state index contributed by atoms with van der Waals surface area (Å²) in [6.07, 6.45) is 0.0466. The number of hydrogen-bond donors (Lipinski definition) is 2. The fraction of sp³-hybridized carbons (Fsp3) is 0.333. The molecule has 6 nitrogen and oxygen atoms in total. The Bertz CT molecular complexity index is 879. The van der Waals surface area contributed by atoms with Gasteiger partial charge in [0.25, 0.3) is 5.91 Å². The first kappa shape index (κ1) is 21.4. The molecule has 0 bridgehead atoms. The molecular weight excluding hydrogens is 413 g/mol. The number of hydrogen-bond acceptors (Lipinski definition) is 4. The Morgan fingerprint density at radius 3 is 2.38 bits per heavy atom. The normalized spacial score (nSPS) is 19.0. The van der Waals surface area contributed by atoms with Crippen molar-refractivity contribution < 1.29 is 14.3 Å². The molecule has 2 atom stereocenters. The Labute approximate surface area is 180 Å². The lowest BCUT2D eigenvalue weighted by molar-refractivity contribution is -0.114. The zero-order valence-corrected chi connectivity index (χ0v) is 17.8. The molecule has 1 saturated heterocycles. The highest BCUT2D eigenvalue weighted by atomic mass is 35.5. The monoisotopic (exact) mass is 435 g/mol. The van der Waals surface area contributed by atoms with Crippen LogP contribution in [0.3, 0.4) is 0 Å². The fourth-order valence-corrected chi connectivity index (χ4v) is 3.58. The van der Waals surface area contributed by atoms with Crippen LogP contribution in [0.15, 0.2) is 42.5 Å². The van der Waals surface area contributed by atoms with Crippen LogP contribution in [0, 0.1) is 0 Å². The van der Waals surface area contributed by atoms with E-state index in [1.54, 1.807) is 42.5 Å². The van der Waals surface area contributed by atoms with Crippen molar-refractivity contribution in [2.45, 2.75) is 26.1 Å². The maximum atomic E-state index is 12.7. The van der Waals surface area contributed by atoms with E-state index in [2.05, 4.69) is 10.6 Å². The number of anilines is 2. The first-order chi connectivity index (χ1) is 13.8. The number of carbonyl (C=O) groups is 2. The third kappa shape index (κ3) is 5.63. The summed E-state index contributed by atoms with van der Waals surface area (Å²) in [6.45, 7) is 5.13. The van der Waals surface area contributed by atoms with Crippen molar-refractivity contribution in [3.8, 4) is 0 Å². The van der Waals surface area contributed by atoms with Crippen LogP contribution in [0.25, 0.3) is 0 Å². The Hall–Kier alpha value is -2.28. The molecular formula is C21H23Cl2N3O3. The van der Waals surface area contributed by atoms with Crippen molar-refractivity contribution in [1.29, 1.82) is 0 Å². The minimum atomic E-state index is -0.259. The van der Waals surface area contributed by atoms with E-state index in [1.807, 2.05) is 18.7 Å². The van der Waals surface area contributed by atoms with E-state index in [-0.39, 0.29) is 30.6 Å². The number of carbonyl (C=O) groups excluding carboxylic acids is 2.